The van der Waals surface area contributed by atoms with Crippen molar-refractivity contribution in [2.24, 2.45) is 5.92 Å². The van der Waals surface area contributed by atoms with Crippen LogP contribution >= 0.6 is 0 Å². The smallest absolute Gasteiger partial charge is 0.243 e. The van der Waals surface area contributed by atoms with E-state index in [1.807, 2.05) is 19.1 Å². The second-order valence-electron chi connectivity index (χ2n) is 7.07. The van der Waals surface area contributed by atoms with Crippen LogP contribution in [0, 0.1) is 12.8 Å². The first-order valence-corrected chi connectivity index (χ1v) is 10.5. The fraction of sp³-hybridized carbons (Fsp3) is 0.400. The average Bonchev–Trinajstić information content (AvgIpc) is 2.68. The molecule has 7 heteroatoms. The number of nitrogens with zero attached hydrogens (tertiary/aromatic N) is 3. The maximum atomic E-state index is 12.9. The first-order chi connectivity index (χ1) is 12.9. The Kier molecular flexibility index (Phi) is 5.92. The van der Waals surface area contributed by atoms with Crippen LogP contribution in [0.15, 0.2) is 53.7 Å². The number of pyridine rings is 1. The van der Waals surface area contributed by atoms with Gasteiger partial charge in [-0.25, -0.2) is 8.42 Å². The number of hydrogen-bond acceptors (Lipinski definition) is 4. The minimum absolute atomic E-state index is 0.0253. The van der Waals surface area contributed by atoms with E-state index in [0.717, 1.165) is 11.1 Å². The summed E-state index contributed by atoms with van der Waals surface area (Å²) in [5.74, 6) is -0.344. The number of amides is 1. The lowest BCUT2D eigenvalue weighted by molar-refractivity contribution is -0.135. The van der Waals surface area contributed by atoms with Crippen molar-refractivity contribution in [2.75, 3.05) is 20.1 Å². The summed E-state index contributed by atoms with van der Waals surface area (Å²) in [7, 11) is -1.82. The van der Waals surface area contributed by atoms with Gasteiger partial charge in [0.1, 0.15) is 0 Å². The molecule has 1 aromatic heterocycles. The highest BCUT2D eigenvalue weighted by Crippen LogP contribution is 2.25. The summed E-state index contributed by atoms with van der Waals surface area (Å²) in [6.07, 6.45) is 4.82. The summed E-state index contributed by atoms with van der Waals surface area (Å²) in [5, 5.41) is 0. The molecule has 1 fully saturated rings. The number of aryl methyl sites for hydroxylation is 1. The minimum Gasteiger partial charge on any atom is -0.341 e. The summed E-state index contributed by atoms with van der Waals surface area (Å²) < 4.78 is 27.3. The highest BCUT2D eigenvalue weighted by atomic mass is 32.2. The molecule has 0 spiro atoms. The predicted octanol–water partition coefficient (Wildman–Crippen LogP) is 2.45. The zero-order chi connectivity index (χ0) is 19.4. The molecule has 0 N–H and O–H groups in total. The molecule has 6 nitrogen and oxygen atoms in total. The Bertz CT molecular complexity index is 882. The quantitative estimate of drug-likeness (QED) is 0.790. The molecule has 144 valence electrons. The molecule has 1 unspecified atom stereocenters. The Morgan fingerprint density at radius 1 is 1.26 bits per heavy atom. The lowest BCUT2D eigenvalue weighted by atomic mass is 9.98. The number of aromatic nitrogens is 1. The van der Waals surface area contributed by atoms with Crippen molar-refractivity contribution in [3.05, 3.63) is 59.9 Å². The van der Waals surface area contributed by atoms with E-state index in [-0.39, 0.29) is 23.3 Å². The van der Waals surface area contributed by atoms with Gasteiger partial charge < -0.3 is 4.90 Å². The molecule has 2 heterocycles. The Morgan fingerprint density at radius 3 is 2.67 bits per heavy atom. The van der Waals surface area contributed by atoms with Crippen LogP contribution in [0.25, 0.3) is 0 Å². The molecule has 0 bridgehead atoms. The van der Waals surface area contributed by atoms with Gasteiger partial charge in [-0.15, -0.1) is 0 Å². The van der Waals surface area contributed by atoms with E-state index in [0.29, 0.717) is 25.9 Å². The number of sulfonamides is 1. The molecule has 1 aliphatic heterocycles. The Labute approximate surface area is 160 Å². The number of piperidine rings is 1. The van der Waals surface area contributed by atoms with Crippen molar-refractivity contribution < 1.29 is 13.2 Å². The predicted molar refractivity (Wildman–Crippen MR) is 103 cm³/mol. The highest BCUT2D eigenvalue weighted by molar-refractivity contribution is 7.89. The van der Waals surface area contributed by atoms with E-state index in [9.17, 15) is 13.2 Å². The number of carbonyl (C=O) groups is 1. The number of rotatable bonds is 5. The minimum atomic E-state index is -3.58. The molecular weight excluding hydrogens is 362 g/mol. The third-order valence-corrected chi connectivity index (χ3v) is 6.79. The van der Waals surface area contributed by atoms with Crippen LogP contribution in [-0.2, 0) is 21.4 Å². The summed E-state index contributed by atoms with van der Waals surface area (Å²) in [4.78, 5) is 18.8. The Morgan fingerprint density at radius 2 is 2.00 bits per heavy atom. The SMILES string of the molecule is Cc1ccc(S(=O)(=O)N2CCCC(C(=O)N(C)Cc3cccnc3)C2)cc1. The van der Waals surface area contributed by atoms with Crippen LogP contribution in [0.2, 0.25) is 0 Å². The van der Waals surface area contributed by atoms with Crippen LogP contribution < -0.4 is 0 Å². The van der Waals surface area contributed by atoms with E-state index in [4.69, 9.17) is 0 Å². The van der Waals surface area contributed by atoms with Gasteiger partial charge in [0.2, 0.25) is 15.9 Å². The molecule has 27 heavy (non-hydrogen) atoms. The van der Waals surface area contributed by atoms with Crippen molar-refractivity contribution in [3.8, 4) is 0 Å². The second kappa shape index (κ2) is 8.19. The van der Waals surface area contributed by atoms with Gasteiger partial charge in [0.05, 0.1) is 10.8 Å². The molecule has 1 saturated heterocycles. The van der Waals surface area contributed by atoms with Gasteiger partial charge in [-0.2, -0.15) is 4.31 Å². The van der Waals surface area contributed by atoms with Crippen LogP contribution in [0.3, 0.4) is 0 Å². The molecule has 1 amide bonds. The zero-order valence-corrected chi connectivity index (χ0v) is 16.5. The maximum Gasteiger partial charge on any atom is 0.243 e. The number of carbonyl (C=O) groups excluding carboxylic acids is 1. The van der Waals surface area contributed by atoms with E-state index in [1.165, 1.54) is 4.31 Å². The zero-order valence-electron chi connectivity index (χ0n) is 15.7. The summed E-state index contributed by atoms with van der Waals surface area (Å²) in [6.45, 7) is 3.07. The molecular formula is C20H25N3O3S. The molecule has 1 aromatic carbocycles. The Balaban J connectivity index is 1.69. The van der Waals surface area contributed by atoms with Crippen molar-refractivity contribution in [2.45, 2.75) is 31.2 Å². The van der Waals surface area contributed by atoms with Crippen molar-refractivity contribution >= 4 is 15.9 Å². The van der Waals surface area contributed by atoms with Gasteiger partial charge in [-0.1, -0.05) is 23.8 Å². The monoisotopic (exact) mass is 387 g/mol. The standard InChI is InChI=1S/C20H25N3O3S/c1-16-7-9-19(10-8-16)27(25,26)23-12-4-6-18(15-23)20(24)22(2)14-17-5-3-11-21-13-17/h3,5,7-11,13,18H,4,6,12,14-15H2,1-2H3. The molecule has 0 saturated carbocycles. The second-order valence-corrected chi connectivity index (χ2v) is 9.01. The highest BCUT2D eigenvalue weighted by Gasteiger charge is 2.34. The van der Waals surface area contributed by atoms with Gasteiger partial charge in [-0.05, 0) is 43.5 Å². The summed E-state index contributed by atoms with van der Waals surface area (Å²) >= 11 is 0. The van der Waals surface area contributed by atoms with Crippen molar-refractivity contribution in [3.63, 3.8) is 0 Å². The lowest BCUT2D eigenvalue weighted by Gasteiger charge is -2.33. The van der Waals surface area contributed by atoms with E-state index in [1.54, 1.807) is 48.6 Å². The first kappa shape index (κ1) is 19.5. The van der Waals surface area contributed by atoms with Gasteiger partial charge >= 0.3 is 0 Å². The third kappa shape index (κ3) is 4.54. The lowest BCUT2D eigenvalue weighted by Crippen LogP contribution is -2.45. The third-order valence-electron chi connectivity index (χ3n) is 4.91. The van der Waals surface area contributed by atoms with Crippen LogP contribution in [0.1, 0.15) is 24.0 Å². The fourth-order valence-electron chi connectivity index (χ4n) is 3.38. The fourth-order valence-corrected chi connectivity index (χ4v) is 4.90. The van der Waals surface area contributed by atoms with E-state index < -0.39 is 10.0 Å². The van der Waals surface area contributed by atoms with Gasteiger partial charge in [0.15, 0.2) is 0 Å². The molecule has 2 aromatic rings. The normalized spacial score (nSPS) is 18.2. The topological polar surface area (TPSA) is 70.6 Å². The average molecular weight is 388 g/mol. The number of hydrogen-bond donors (Lipinski definition) is 0. The van der Waals surface area contributed by atoms with Gasteiger partial charge in [0, 0.05) is 39.1 Å². The first-order valence-electron chi connectivity index (χ1n) is 9.08. The van der Waals surface area contributed by atoms with E-state index in [2.05, 4.69) is 4.98 Å². The summed E-state index contributed by atoms with van der Waals surface area (Å²) in [6, 6.07) is 10.6. The van der Waals surface area contributed by atoms with Gasteiger partial charge in [-0.3, -0.25) is 9.78 Å². The maximum absolute atomic E-state index is 12.9. The van der Waals surface area contributed by atoms with Gasteiger partial charge in [0.25, 0.3) is 0 Å². The molecule has 1 atom stereocenters. The molecule has 1 aliphatic rings. The van der Waals surface area contributed by atoms with Crippen molar-refractivity contribution in [1.29, 1.82) is 0 Å². The van der Waals surface area contributed by atoms with Crippen molar-refractivity contribution in [1.82, 2.24) is 14.2 Å². The summed E-state index contributed by atoms with van der Waals surface area (Å²) in [5.41, 5.74) is 1.96. The van der Waals surface area contributed by atoms with Crippen LogP contribution in [0.5, 0.6) is 0 Å². The van der Waals surface area contributed by atoms with Crippen LogP contribution in [-0.4, -0.2) is 48.7 Å². The molecule has 0 aliphatic carbocycles. The molecule has 3 rings (SSSR count). The van der Waals surface area contributed by atoms with E-state index >= 15 is 0 Å². The van der Waals surface area contributed by atoms with Crippen LogP contribution in [0.4, 0.5) is 0 Å². The molecule has 0 radical (unpaired) electrons. The largest absolute Gasteiger partial charge is 0.341 e. The Hall–Kier alpha value is -2.25. The number of benzene rings is 1.